The second kappa shape index (κ2) is 8.16. The van der Waals surface area contributed by atoms with Crippen molar-refractivity contribution in [3.05, 3.63) is 90.1 Å². The Morgan fingerprint density at radius 2 is 1.65 bits per heavy atom. The summed E-state index contributed by atoms with van der Waals surface area (Å²) >= 11 is 0. The molecule has 2 bridgehead atoms. The van der Waals surface area contributed by atoms with Crippen LogP contribution in [0.1, 0.15) is 36.8 Å². The molecule has 31 heavy (non-hydrogen) atoms. The van der Waals surface area contributed by atoms with Crippen molar-refractivity contribution in [3.63, 3.8) is 0 Å². The number of hydrogen-bond donors (Lipinski definition) is 1. The number of piperidine rings is 1. The van der Waals surface area contributed by atoms with Crippen LogP contribution in [-0.2, 0) is 16.9 Å². The van der Waals surface area contributed by atoms with Crippen molar-refractivity contribution in [2.75, 3.05) is 0 Å². The van der Waals surface area contributed by atoms with Crippen LogP contribution in [0.3, 0.4) is 0 Å². The van der Waals surface area contributed by atoms with Gasteiger partial charge in [0.25, 0.3) is 0 Å². The highest BCUT2D eigenvalue weighted by molar-refractivity contribution is 5.69. The van der Waals surface area contributed by atoms with E-state index in [0.29, 0.717) is 12.8 Å². The molecule has 0 spiro atoms. The van der Waals surface area contributed by atoms with Crippen LogP contribution in [0.5, 0.6) is 0 Å². The summed E-state index contributed by atoms with van der Waals surface area (Å²) in [6, 6.07) is 23.6. The van der Waals surface area contributed by atoms with Crippen LogP contribution in [0, 0.1) is 0 Å². The van der Waals surface area contributed by atoms with Crippen LogP contribution < -0.4 is 0 Å². The van der Waals surface area contributed by atoms with E-state index in [0.717, 1.165) is 35.2 Å². The summed E-state index contributed by atoms with van der Waals surface area (Å²) in [7, 11) is 0. The third kappa shape index (κ3) is 3.93. The molecule has 0 saturated carbocycles. The molecular weight excluding hydrogens is 388 g/mol. The fourth-order valence-corrected chi connectivity index (χ4v) is 5.04. The van der Waals surface area contributed by atoms with E-state index >= 15 is 0 Å². The molecule has 2 fully saturated rings. The highest BCUT2D eigenvalue weighted by Crippen LogP contribution is 2.46. The van der Waals surface area contributed by atoms with Crippen molar-refractivity contribution in [1.82, 2.24) is 9.88 Å². The Bertz CT molecular complexity index is 1020. The molecule has 2 unspecified atom stereocenters. The summed E-state index contributed by atoms with van der Waals surface area (Å²) in [5.41, 5.74) is 2.89. The molecule has 158 valence electrons. The lowest BCUT2D eigenvalue weighted by Crippen LogP contribution is -2.52. The van der Waals surface area contributed by atoms with E-state index in [1.54, 1.807) is 6.20 Å². The van der Waals surface area contributed by atoms with Gasteiger partial charge in [0.15, 0.2) is 0 Å². The van der Waals surface area contributed by atoms with Crippen LogP contribution in [0.4, 0.5) is 4.79 Å². The lowest BCUT2D eigenvalue weighted by Gasteiger charge is -2.43. The predicted molar refractivity (Wildman–Crippen MR) is 118 cm³/mol. The quantitative estimate of drug-likeness (QED) is 0.660. The number of nitrogens with zero attached hydrogens (tertiary/aromatic N) is 2. The summed E-state index contributed by atoms with van der Waals surface area (Å²) in [5.74, 6) is 0. The van der Waals surface area contributed by atoms with Gasteiger partial charge >= 0.3 is 6.09 Å². The summed E-state index contributed by atoms with van der Waals surface area (Å²) in [6.07, 6.45) is 4.38. The number of aliphatic hydroxyl groups is 1. The minimum absolute atomic E-state index is 0.00231. The van der Waals surface area contributed by atoms with Crippen LogP contribution >= 0.6 is 0 Å². The van der Waals surface area contributed by atoms with Crippen LogP contribution in [0.2, 0.25) is 0 Å². The van der Waals surface area contributed by atoms with Crippen molar-refractivity contribution in [1.29, 1.82) is 0 Å². The van der Waals surface area contributed by atoms with E-state index in [1.165, 1.54) is 0 Å². The SMILES string of the molecule is O=C(OCc1ccccc1)N1C2CCC1CC(O)(c1ccc(-c3ccccn3)cc1)C2. The molecule has 1 amide bonds. The molecule has 1 N–H and O–H groups in total. The lowest BCUT2D eigenvalue weighted by molar-refractivity contribution is -0.0536. The molecule has 0 aliphatic carbocycles. The lowest BCUT2D eigenvalue weighted by atomic mass is 9.80. The predicted octanol–water partition coefficient (Wildman–Crippen LogP) is 4.90. The second-order valence-electron chi connectivity index (χ2n) is 8.56. The molecule has 5 nitrogen and oxygen atoms in total. The molecule has 0 radical (unpaired) electrons. The Labute approximate surface area is 182 Å². The first-order valence-electron chi connectivity index (χ1n) is 10.9. The standard InChI is InChI=1S/C26H26N2O3/c29-25(31-18-19-6-2-1-3-7-19)28-22-13-14-23(28)17-26(30,16-22)21-11-9-20(10-12-21)24-8-4-5-15-27-24/h1-12,15,22-23,30H,13-14,16-18H2. The maximum atomic E-state index is 12.8. The topological polar surface area (TPSA) is 62.7 Å². The maximum absolute atomic E-state index is 12.8. The van der Waals surface area contributed by atoms with Crippen LogP contribution in [0.25, 0.3) is 11.3 Å². The molecule has 2 aliphatic heterocycles. The minimum Gasteiger partial charge on any atom is -0.445 e. The van der Waals surface area contributed by atoms with E-state index in [1.807, 2.05) is 77.7 Å². The van der Waals surface area contributed by atoms with Crippen molar-refractivity contribution >= 4 is 6.09 Å². The third-order valence-electron chi connectivity index (χ3n) is 6.57. The average Bonchev–Trinajstić information content (AvgIpc) is 3.10. The largest absolute Gasteiger partial charge is 0.445 e. The van der Waals surface area contributed by atoms with Gasteiger partial charge in [-0.2, -0.15) is 0 Å². The smallest absolute Gasteiger partial charge is 0.410 e. The van der Waals surface area contributed by atoms with Gasteiger partial charge < -0.3 is 14.7 Å². The first-order valence-corrected chi connectivity index (χ1v) is 10.9. The Balaban J connectivity index is 1.28. The molecule has 3 aromatic rings. The highest BCUT2D eigenvalue weighted by atomic mass is 16.6. The normalized spacial score (nSPS) is 24.7. The zero-order chi connectivity index (χ0) is 21.3. The van der Waals surface area contributed by atoms with Gasteiger partial charge in [-0.3, -0.25) is 4.98 Å². The van der Waals surface area contributed by atoms with E-state index in [-0.39, 0.29) is 24.8 Å². The van der Waals surface area contributed by atoms with Gasteiger partial charge in [-0.05, 0) is 36.1 Å². The molecule has 2 saturated heterocycles. The van der Waals surface area contributed by atoms with Crippen molar-refractivity contribution in [3.8, 4) is 11.3 Å². The second-order valence-corrected chi connectivity index (χ2v) is 8.56. The Kier molecular flexibility index (Phi) is 5.20. The number of aromatic nitrogens is 1. The zero-order valence-corrected chi connectivity index (χ0v) is 17.4. The van der Waals surface area contributed by atoms with Gasteiger partial charge in [0.2, 0.25) is 0 Å². The van der Waals surface area contributed by atoms with E-state index in [2.05, 4.69) is 4.98 Å². The first kappa shape index (κ1) is 19.8. The van der Waals surface area contributed by atoms with Crippen LogP contribution in [0.15, 0.2) is 79.0 Å². The molecule has 5 rings (SSSR count). The number of benzene rings is 2. The van der Waals surface area contributed by atoms with Gasteiger partial charge in [0.1, 0.15) is 6.61 Å². The molecule has 2 atom stereocenters. The van der Waals surface area contributed by atoms with Gasteiger partial charge in [0, 0.05) is 36.7 Å². The number of fused-ring (bicyclic) bond motifs is 2. The molecule has 2 aromatic carbocycles. The minimum atomic E-state index is -0.926. The summed E-state index contributed by atoms with van der Waals surface area (Å²) in [4.78, 5) is 19.0. The van der Waals surface area contributed by atoms with E-state index in [9.17, 15) is 9.90 Å². The zero-order valence-electron chi connectivity index (χ0n) is 17.4. The van der Waals surface area contributed by atoms with Gasteiger partial charge in [-0.15, -0.1) is 0 Å². The van der Waals surface area contributed by atoms with Crippen molar-refractivity contribution in [2.24, 2.45) is 0 Å². The molecule has 5 heteroatoms. The number of amides is 1. The van der Waals surface area contributed by atoms with Crippen molar-refractivity contribution < 1.29 is 14.6 Å². The summed E-state index contributed by atoms with van der Waals surface area (Å²) < 4.78 is 5.59. The van der Waals surface area contributed by atoms with Crippen LogP contribution in [-0.4, -0.2) is 33.2 Å². The van der Waals surface area contributed by atoms with E-state index in [4.69, 9.17) is 4.74 Å². The Morgan fingerprint density at radius 1 is 0.968 bits per heavy atom. The first-order chi connectivity index (χ1) is 15.1. The Morgan fingerprint density at radius 3 is 2.29 bits per heavy atom. The fraction of sp³-hybridized carbons (Fsp3) is 0.308. The van der Waals surface area contributed by atoms with Gasteiger partial charge in [-0.1, -0.05) is 60.7 Å². The molecule has 3 heterocycles. The van der Waals surface area contributed by atoms with Gasteiger partial charge in [-0.25, -0.2) is 4.79 Å². The number of carbonyl (C=O) groups is 1. The maximum Gasteiger partial charge on any atom is 0.410 e. The molecule has 1 aromatic heterocycles. The summed E-state index contributed by atoms with van der Waals surface area (Å²) in [5, 5.41) is 11.5. The third-order valence-corrected chi connectivity index (χ3v) is 6.57. The van der Waals surface area contributed by atoms with Gasteiger partial charge in [0.05, 0.1) is 11.3 Å². The summed E-state index contributed by atoms with van der Waals surface area (Å²) in [6.45, 7) is 0.273. The van der Waals surface area contributed by atoms with E-state index < -0.39 is 5.60 Å². The fourth-order valence-electron chi connectivity index (χ4n) is 5.04. The number of rotatable bonds is 4. The highest BCUT2D eigenvalue weighted by Gasteiger charge is 2.50. The number of ether oxygens (including phenoxy) is 1. The average molecular weight is 415 g/mol. The molecular formula is C26H26N2O3. The Hall–Kier alpha value is -3.18. The van der Waals surface area contributed by atoms with Crippen molar-refractivity contribution in [2.45, 2.75) is 50.0 Å². The number of carbonyl (C=O) groups excluding carboxylic acids is 1. The number of hydrogen-bond acceptors (Lipinski definition) is 4. The monoisotopic (exact) mass is 414 g/mol. The molecule has 2 aliphatic rings. The number of pyridine rings is 1.